The molecule has 1 rings (SSSR count). The fraction of sp³-hybridized carbons (Fsp3) is 0.462. The van der Waals surface area contributed by atoms with Crippen LogP contribution in [-0.2, 0) is 0 Å². The van der Waals surface area contributed by atoms with Crippen molar-refractivity contribution in [3.63, 3.8) is 0 Å². The van der Waals surface area contributed by atoms with Crippen LogP contribution >= 0.6 is 0 Å². The minimum atomic E-state index is -0.557. The van der Waals surface area contributed by atoms with Gasteiger partial charge in [-0.15, -0.1) is 0 Å². The topological polar surface area (TPSA) is 46.3 Å². The van der Waals surface area contributed by atoms with E-state index in [4.69, 9.17) is 5.73 Å². The van der Waals surface area contributed by atoms with E-state index in [-0.39, 0.29) is 17.1 Å². The number of hydrogen-bond acceptors (Lipinski definition) is 2. The number of carbonyl (C=O) groups excluding carboxylic acids is 1. The van der Waals surface area contributed by atoms with E-state index in [0.717, 1.165) is 6.42 Å². The van der Waals surface area contributed by atoms with Crippen LogP contribution in [-0.4, -0.2) is 23.4 Å². The average Bonchev–Trinajstić information content (AvgIpc) is 2.30. The highest BCUT2D eigenvalue weighted by molar-refractivity contribution is 5.94. The Morgan fingerprint density at radius 2 is 2.06 bits per heavy atom. The van der Waals surface area contributed by atoms with E-state index in [1.165, 1.54) is 12.1 Å². The Morgan fingerprint density at radius 1 is 1.47 bits per heavy atom. The Labute approximate surface area is 101 Å². The Hall–Kier alpha value is -1.58. The summed E-state index contributed by atoms with van der Waals surface area (Å²) >= 11 is 0. The van der Waals surface area contributed by atoms with E-state index in [2.05, 4.69) is 0 Å². The van der Waals surface area contributed by atoms with E-state index in [0.29, 0.717) is 5.56 Å². The molecule has 0 fully saturated rings. The van der Waals surface area contributed by atoms with E-state index < -0.39 is 5.82 Å². The number of nitrogens with two attached hydrogens (primary N) is 1. The lowest BCUT2D eigenvalue weighted by molar-refractivity contribution is 0.0620. The summed E-state index contributed by atoms with van der Waals surface area (Å²) in [6.45, 7) is 5.95. The van der Waals surface area contributed by atoms with Crippen LogP contribution in [0.5, 0.6) is 0 Å². The van der Waals surface area contributed by atoms with Crippen molar-refractivity contribution in [2.45, 2.75) is 32.7 Å². The van der Waals surface area contributed by atoms with Crippen LogP contribution in [0.4, 0.5) is 10.1 Å². The molecule has 17 heavy (non-hydrogen) atoms. The van der Waals surface area contributed by atoms with Crippen LogP contribution in [0.1, 0.15) is 37.6 Å². The molecule has 0 atom stereocenters. The van der Waals surface area contributed by atoms with Crippen molar-refractivity contribution in [1.82, 2.24) is 4.90 Å². The first-order valence-corrected chi connectivity index (χ1v) is 5.62. The van der Waals surface area contributed by atoms with E-state index in [1.807, 2.05) is 20.8 Å². The molecule has 0 unspecified atom stereocenters. The normalized spacial score (nSPS) is 11.4. The predicted octanol–water partition coefficient (Wildman–Crippen LogP) is 2.67. The van der Waals surface area contributed by atoms with Crippen LogP contribution in [0.25, 0.3) is 0 Å². The summed E-state index contributed by atoms with van der Waals surface area (Å²) < 4.78 is 13.3. The molecular weight excluding hydrogens is 219 g/mol. The highest BCUT2D eigenvalue weighted by Crippen LogP contribution is 2.20. The lowest BCUT2D eigenvalue weighted by Crippen LogP contribution is -2.44. The number of amides is 1. The molecule has 0 heterocycles. The molecule has 0 aliphatic carbocycles. The van der Waals surface area contributed by atoms with Crippen LogP contribution in [0.2, 0.25) is 0 Å². The molecule has 0 aliphatic rings. The average molecular weight is 238 g/mol. The van der Waals surface area contributed by atoms with Gasteiger partial charge in [0.05, 0.1) is 5.69 Å². The van der Waals surface area contributed by atoms with Gasteiger partial charge in [0.25, 0.3) is 5.91 Å². The lowest BCUT2D eigenvalue weighted by atomic mass is 9.99. The van der Waals surface area contributed by atoms with Crippen molar-refractivity contribution in [2.24, 2.45) is 0 Å². The summed E-state index contributed by atoms with van der Waals surface area (Å²) in [5.41, 5.74) is 5.50. The standard InChI is InChI=1S/C13H19FN2O/c1-5-13(2,3)16(4)12(17)9-6-7-11(15)10(14)8-9/h6-8H,5,15H2,1-4H3. The van der Waals surface area contributed by atoms with E-state index >= 15 is 0 Å². The van der Waals surface area contributed by atoms with Crippen LogP contribution in [0.15, 0.2) is 18.2 Å². The molecule has 1 amide bonds. The first-order valence-electron chi connectivity index (χ1n) is 5.62. The van der Waals surface area contributed by atoms with E-state index in [9.17, 15) is 9.18 Å². The monoisotopic (exact) mass is 238 g/mol. The molecular formula is C13H19FN2O. The summed E-state index contributed by atoms with van der Waals surface area (Å²) in [5, 5.41) is 0. The molecule has 0 aliphatic heterocycles. The van der Waals surface area contributed by atoms with Crippen molar-refractivity contribution in [2.75, 3.05) is 12.8 Å². The molecule has 1 aromatic carbocycles. The van der Waals surface area contributed by atoms with Crippen molar-refractivity contribution in [1.29, 1.82) is 0 Å². The molecule has 4 heteroatoms. The Bertz CT molecular complexity index is 429. The molecule has 0 spiro atoms. The summed E-state index contributed by atoms with van der Waals surface area (Å²) in [6.07, 6.45) is 0.826. The van der Waals surface area contributed by atoms with E-state index in [1.54, 1.807) is 18.0 Å². The molecule has 1 aromatic rings. The SMILES string of the molecule is CCC(C)(C)N(C)C(=O)c1ccc(N)c(F)c1. The van der Waals surface area contributed by atoms with Gasteiger partial charge in [0.1, 0.15) is 5.82 Å². The van der Waals surface area contributed by atoms with Gasteiger partial charge in [-0.25, -0.2) is 4.39 Å². The number of nitrogen functional groups attached to an aromatic ring is 1. The molecule has 3 nitrogen and oxygen atoms in total. The number of benzene rings is 1. The van der Waals surface area contributed by atoms with Gasteiger partial charge in [0.2, 0.25) is 0 Å². The molecule has 2 N–H and O–H groups in total. The van der Waals surface area contributed by atoms with Gasteiger partial charge >= 0.3 is 0 Å². The van der Waals surface area contributed by atoms with Crippen LogP contribution in [0, 0.1) is 5.82 Å². The highest BCUT2D eigenvalue weighted by atomic mass is 19.1. The lowest BCUT2D eigenvalue weighted by Gasteiger charge is -2.35. The number of hydrogen-bond donors (Lipinski definition) is 1. The number of anilines is 1. The van der Waals surface area contributed by atoms with Gasteiger partial charge in [0.15, 0.2) is 0 Å². The van der Waals surface area contributed by atoms with Gasteiger partial charge in [-0.1, -0.05) is 6.92 Å². The minimum Gasteiger partial charge on any atom is -0.396 e. The first-order chi connectivity index (χ1) is 7.79. The smallest absolute Gasteiger partial charge is 0.254 e. The third-order valence-electron chi connectivity index (χ3n) is 3.33. The molecule has 0 saturated carbocycles. The first kappa shape index (κ1) is 13.5. The molecule has 0 bridgehead atoms. The van der Waals surface area contributed by atoms with Gasteiger partial charge in [-0.05, 0) is 38.5 Å². The third-order valence-corrected chi connectivity index (χ3v) is 3.33. The zero-order chi connectivity index (χ0) is 13.2. The second-order valence-electron chi connectivity index (χ2n) is 4.77. The van der Waals surface area contributed by atoms with Gasteiger partial charge in [0, 0.05) is 18.2 Å². The van der Waals surface area contributed by atoms with Crippen molar-refractivity contribution >= 4 is 11.6 Å². The third kappa shape index (κ3) is 2.75. The summed E-state index contributed by atoms with van der Waals surface area (Å²) in [5.74, 6) is -0.755. The number of rotatable bonds is 3. The van der Waals surface area contributed by atoms with Crippen molar-refractivity contribution in [3.8, 4) is 0 Å². The van der Waals surface area contributed by atoms with Gasteiger partial charge in [-0.3, -0.25) is 4.79 Å². The zero-order valence-electron chi connectivity index (χ0n) is 10.7. The Kier molecular flexibility index (Phi) is 3.76. The fourth-order valence-corrected chi connectivity index (χ4v) is 1.37. The summed E-state index contributed by atoms with van der Waals surface area (Å²) in [4.78, 5) is 13.8. The molecule has 0 saturated heterocycles. The molecule has 94 valence electrons. The van der Waals surface area contributed by atoms with Crippen LogP contribution in [0.3, 0.4) is 0 Å². The van der Waals surface area contributed by atoms with Crippen molar-refractivity contribution < 1.29 is 9.18 Å². The van der Waals surface area contributed by atoms with Crippen molar-refractivity contribution in [3.05, 3.63) is 29.6 Å². The Balaban J connectivity index is 3.01. The second kappa shape index (κ2) is 4.73. The molecule has 0 radical (unpaired) electrons. The predicted molar refractivity (Wildman–Crippen MR) is 67.3 cm³/mol. The Morgan fingerprint density at radius 3 is 2.53 bits per heavy atom. The van der Waals surface area contributed by atoms with Gasteiger partial charge in [-0.2, -0.15) is 0 Å². The molecule has 0 aromatic heterocycles. The number of carbonyl (C=O) groups is 1. The summed E-state index contributed by atoms with van der Waals surface area (Å²) in [7, 11) is 1.72. The number of nitrogens with zero attached hydrogens (tertiary/aromatic N) is 1. The minimum absolute atomic E-state index is 0.0546. The summed E-state index contributed by atoms with van der Waals surface area (Å²) in [6, 6.07) is 4.14. The maximum Gasteiger partial charge on any atom is 0.254 e. The maximum absolute atomic E-state index is 13.3. The van der Waals surface area contributed by atoms with Gasteiger partial charge < -0.3 is 10.6 Å². The maximum atomic E-state index is 13.3. The zero-order valence-corrected chi connectivity index (χ0v) is 10.7. The quantitative estimate of drug-likeness (QED) is 0.823. The highest BCUT2D eigenvalue weighted by Gasteiger charge is 2.26. The van der Waals surface area contributed by atoms with Crippen LogP contribution < -0.4 is 5.73 Å². The second-order valence-corrected chi connectivity index (χ2v) is 4.77. The largest absolute Gasteiger partial charge is 0.396 e. The fourth-order valence-electron chi connectivity index (χ4n) is 1.37. The number of halogens is 1.